The van der Waals surface area contributed by atoms with Crippen LogP contribution in [-0.2, 0) is 9.53 Å². The van der Waals surface area contributed by atoms with Crippen LogP contribution in [0.3, 0.4) is 0 Å². The molecule has 1 N–H and O–H groups in total. The summed E-state index contributed by atoms with van der Waals surface area (Å²) in [6, 6.07) is 10.9. The molecule has 0 saturated carbocycles. The van der Waals surface area contributed by atoms with Crippen molar-refractivity contribution in [3.8, 4) is 5.69 Å². The minimum Gasteiger partial charge on any atom is -0.378 e. The lowest BCUT2D eigenvalue weighted by Gasteiger charge is -2.28. The van der Waals surface area contributed by atoms with E-state index >= 15 is 0 Å². The summed E-state index contributed by atoms with van der Waals surface area (Å²) in [5, 5.41) is 11.1. The lowest BCUT2D eigenvalue weighted by atomic mass is 10.2. The van der Waals surface area contributed by atoms with Gasteiger partial charge in [-0.3, -0.25) is 9.36 Å². The number of aryl methyl sites for hydroxylation is 1. The Morgan fingerprint density at radius 1 is 1.16 bits per heavy atom. The Kier molecular flexibility index (Phi) is 6.71. The third kappa shape index (κ3) is 4.91. The van der Waals surface area contributed by atoms with Crippen molar-refractivity contribution in [2.45, 2.75) is 24.3 Å². The number of hydrogen-bond donors (Lipinski definition) is 1. The van der Waals surface area contributed by atoms with E-state index in [1.54, 1.807) is 6.92 Å². The van der Waals surface area contributed by atoms with Gasteiger partial charge in [0.2, 0.25) is 11.9 Å². The van der Waals surface area contributed by atoms with Crippen LogP contribution in [0.1, 0.15) is 12.5 Å². The first-order valence-corrected chi connectivity index (χ1v) is 11.1. The van der Waals surface area contributed by atoms with Gasteiger partial charge in [0.15, 0.2) is 5.16 Å². The molecular formula is C22H23F2N5O2S. The molecule has 32 heavy (non-hydrogen) atoms. The highest BCUT2D eigenvalue weighted by Gasteiger charge is 2.25. The fraction of sp³-hybridized carbons (Fsp3) is 0.318. The van der Waals surface area contributed by atoms with Crippen molar-refractivity contribution in [2.24, 2.45) is 0 Å². The number of thioether (sulfide) groups is 1. The van der Waals surface area contributed by atoms with Crippen LogP contribution in [-0.4, -0.2) is 52.2 Å². The molecule has 10 heteroatoms. The number of aromatic nitrogens is 3. The van der Waals surface area contributed by atoms with Crippen LogP contribution in [0.25, 0.3) is 5.69 Å². The largest absolute Gasteiger partial charge is 0.378 e. The van der Waals surface area contributed by atoms with E-state index in [1.165, 1.54) is 11.8 Å². The predicted molar refractivity (Wildman–Crippen MR) is 119 cm³/mol. The first-order chi connectivity index (χ1) is 15.4. The Balaban J connectivity index is 1.60. The van der Waals surface area contributed by atoms with Gasteiger partial charge in [-0.25, -0.2) is 8.78 Å². The number of ether oxygens (including phenoxy) is 1. The molecule has 7 nitrogen and oxygen atoms in total. The van der Waals surface area contributed by atoms with Gasteiger partial charge < -0.3 is 15.0 Å². The molecule has 0 aliphatic carbocycles. The van der Waals surface area contributed by atoms with Crippen molar-refractivity contribution in [3.05, 3.63) is 59.7 Å². The molecule has 168 valence electrons. The van der Waals surface area contributed by atoms with Gasteiger partial charge in [-0.05, 0) is 43.7 Å². The molecule has 0 spiro atoms. The third-order valence-corrected chi connectivity index (χ3v) is 6.05. The number of benzene rings is 2. The summed E-state index contributed by atoms with van der Waals surface area (Å²) in [6.45, 7) is 6.24. The zero-order chi connectivity index (χ0) is 22.7. The molecule has 3 aromatic rings. The van der Waals surface area contributed by atoms with Crippen LogP contribution in [0.15, 0.2) is 47.6 Å². The number of hydrogen-bond acceptors (Lipinski definition) is 6. The van der Waals surface area contributed by atoms with Gasteiger partial charge in [-0.2, -0.15) is 0 Å². The number of nitrogens with zero attached hydrogens (tertiary/aromatic N) is 4. The van der Waals surface area contributed by atoms with Crippen molar-refractivity contribution in [3.63, 3.8) is 0 Å². The molecule has 4 rings (SSSR count). The van der Waals surface area contributed by atoms with Gasteiger partial charge in [-0.1, -0.05) is 23.9 Å². The Labute approximate surface area is 188 Å². The zero-order valence-corrected chi connectivity index (χ0v) is 18.5. The fourth-order valence-corrected chi connectivity index (χ4v) is 4.20. The van der Waals surface area contributed by atoms with Gasteiger partial charge in [0, 0.05) is 19.2 Å². The minimum absolute atomic E-state index is 0.198. The number of halogens is 2. The summed E-state index contributed by atoms with van der Waals surface area (Å²) in [4.78, 5) is 14.8. The highest BCUT2D eigenvalue weighted by atomic mass is 32.2. The van der Waals surface area contributed by atoms with Gasteiger partial charge in [0.1, 0.15) is 11.6 Å². The van der Waals surface area contributed by atoms with E-state index in [1.807, 2.05) is 35.8 Å². The van der Waals surface area contributed by atoms with Gasteiger partial charge in [-0.15, -0.1) is 10.2 Å². The second kappa shape index (κ2) is 9.66. The Morgan fingerprint density at radius 2 is 1.94 bits per heavy atom. The van der Waals surface area contributed by atoms with Crippen molar-refractivity contribution >= 4 is 29.3 Å². The number of nitrogens with one attached hydrogen (secondary N) is 1. The fourth-order valence-electron chi connectivity index (χ4n) is 3.34. The molecule has 1 unspecified atom stereocenters. The maximum absolute atomic E-state index is 13.9. The normalized spacial score (nSPS) is 14.9. The Bertz CT molecular complexity index is 1120. The highest BCUT2D eigenvalue weighted by Crippen LogP contribution is 2.30. The highest BCUT2D eigenvalue weighted by molar-refractivity contribution is 8.00. The third-order valence-electron chi connectivity index (χ3n) is 5.01. The van der Waals surface area contributed by atoms with Crippen LogP contribution < -0.4 is 10.2 Å². The van der Waals surface area contributed by atoms with Crippen molar-refractivity contribution in [1.82, 2.24) is 14.8 Å². The summed E-state index contributed by atoms with van der Waals surface area (Å²) in [7, 11) is 0. The first-order valence-electron chi connectivity index (χ1n) is 10.2. The molecule has 1 aliphatic heterocycles. The number of amides is 1. The van der Waals surface area contributed by atoms with E-state index in [0.29, 0.717) is 37.4 Å². The molecule has 1 saturated heterocycles. The van der Waals surface area contributed by atoms with E-state index in [4.69, 9.17) is 4.74 Å². The van der Waals surface area contributed by atoms with Gasteiger partial charge in [0.25, 0.3) is 0 Å². The summed E-state index contributed by atoms with van der Waals surface area (Å²) in [6.07, 6.45) is 0. The topological polar surface area (TPSA) is 72.3 Å². The van der Waals surface area contributed by atoms with Crippen LogP contribution in [0.2, 0.25) is 0 Å². The number of carbonyl (C=O) groups excluding carboxylic acids is 1. The molecule has 1 aliphatic rings. The maximum atomic E-state index is 13.9. The second-order valence-corrected chi connectivity index (χ2v) is 8.74. The predicted octanol–water partition coefficient (Wildman–Crippen LogP) is 3.81. The van der Waals surface area contributed by atoms with Crippen molar-refractivity contribution < 1.29 is 18.3 Å². The SMILES string of the molecule is Cc1cccc(-n2c(SC(C)C(=O)Nc3cc(F)ccc3F)nnc2N2CCOCC2)c1. The van der Waals surface area contributed by atoms with Gasteiger partial charge >= 0.3 is 0 Å². The van der Waals surface area contributed by atoms with Crippen molar-refractivity contribution in [2.75, 3.05) is 36.5 Å². The average Bonchev–Trinajstić information content (AvgIpc) is 3.20. The molecule has 0 bridgehead atoms. The summed E-state index contributed by atoms with van der Waals surface area (Å²) < 4.78 is 34.7. The van der Waals surface area contributed by atoms with E-state index < -0.39 is 22.8 Å². The van der Waals surface area contributed by atoms with Gasteiger partial charge in [0.05, 0.1) is 29.8 Å². The molecule has 2 aromatic carbocycles. The number of morpholine rings is 1. The van der Waals surface area contributed by atoms with E-state index in [-0.39, 0.29) is 5.69 Å². The van der Waals surface area contributed by atoms with Crippen LogP contribution >= 0.6 is 11.8 Å². The maximum Gasteiger partial charge on any atom is 0.237 e. The van der Waals surface area contributed by atoms with Crippen molar-refractivity contribution in [1.29, 1.82) is 0 Å². The molecule has 1 fully saturated rings. The second-order valence-electron chi connectivity index (χ2n) is 7.43. The van der Waals surface area contributed by atoms with E-state index in [9.17, 15) is 13.6 Å². The van der Waals surface area contributed by atoms with Crippen LogP contribution in [0, 0.1) is 18.6 Å². The number of anilines is 2. The Hall–Kier alpha value is -2.98. The smallest absolute Gasteiger partial charge is 0.237 e. The molecule has 2 heterocycles. The zero-order valence-electron chi connectivity index (χ0n) is 17.7. The lowest BCUT2D eigenvalue weighted by Crippen LogP contribution is -2.38. The molecular weight excluding hydrogens is 436 g/mol. The van der Waals surface area contributed by atoms with Crippen LogP contribution in [0.5, 0.6) is 0 Å². The lowest BCUT2D eigenvalue weighted by molar-refractivity contribution is -0.115. The average molecular weight is 460 g/mol. The molecule has 1 aromatic heterocycles. The summed E-state index contributed by atoms with van der Waals surface area (Å²) in [5.74, 6) is -1.12. The van der Waals surface area contributed by atoms with E-state index in [2.05, 4.69) is 20.4 Å². The summed E-state index contributed by atoms with van der Waals surface area (Å²) >= 11 is 1.20. The first kappa shape index (κ1) is 22.2. The van der Waals surface area contributed by atoms with Crippen LogP contribution in [0.4, 0.5) is 20.4 Å². The number of carbonyl (C=O) groups is 1. The Morgan fingerprint density at radius 3 is 2.69 bits per heavy atom. The monoisotopic (exact) mass is 459 g/mol. The standard InChI is InChI=1S/C22H23F2N5O2S/c1-14-4-3-5-17(12-14)29-21(28-8-10-31-11-9-28)26-27-22(29)32-15(2)20(30)25-19-13-16(23)6-7-18(19)24/h3-7,12-13,15H,8-11H2,1-2H3,(H,25,30). The minimum atomic E-state index is -0.700. The summed E-state index contributed by atoms with van der Waals surface area (Å²) in [5.41, 5.74) is 1.76. The molecule has 1 atom stereocenters. The quantitative estimate of drug-likeness (QED) is 0.566. The van der Waals surface area contributed by atoms with E-state index in [0.717, 1.165) is 29.4 Å². The molecule has 1 amide bonds. The molecule has 0 radical (unpaired) electrons. The number of rotatable bonds is 6.